The molecule has 5 nitrogen and oxygen atoms in total. The van der Waals surface area contributed by atoms with Gasteiger partial charge in [-0.1, -0.05) is 0 Å². The van der Waals surface area contributed by atoms with Crippen molar-refractivity contribution in [3.63, 3.8) is 0 Å². The summed E-state index contributed by atoms with van der Waals surface area (Å²) in [4.78, 5) is 18.5. The molecular formula is C9H13N3O2. The van der Waals surface area contributed by atoms with E-state index < -0.39 is 0 Å². The fourth-order valence-electron chi connectivity index (χ4n) is 1.50. The van der Waals surface area contributed by atoms with Crippen molar-refractivity contribution < 1.29 is 4.74 Å². The van der Waals surface area contributed by atoms with Crippen LogP contribution in [-0.2, 0) is 24.4 Å². The maximum absolute atomic E-state index is 11.5. The van der Waals surface area contributed by atoms with Crippen molar-refractivity contribution in [1.29, 1.82) is 0 Å². The van der Waals surface area contributed by atoms with E-state index in [4.69, 9.17) is 10.5 Å². The lowest BCUT2D eigenvalue weighted by Crippen LogP contribution is -2.17. The van der Waals surface area contributed by atoms with Crippen LogP contribution in [0.25, 0.3) is 0 Å². The third-order valence-corrected chi connectivity index (χ3v) is 2.25. The molecule has 0 atom stereocenters. The number of nitrogens with two attached hydrogens (primary N) is 1. The number of aryl methyl sites for hydroxylation is 1. The number of H-pyrrole nitrogens is 1. The average Bonchev–Trinajstić information content (AvgIpc) is 2.63. The van der Waals surface area contributed by atoms with Gasteiger partial charge >= 0.3 is 0 Å². The second-order valence-electron chi connectivity index (χ2n) is 3.32. The van der Waals surface area contributed by atoms with Gasteiger partial charge in [0.2, 0.25) is 0 Å². The first-order chi connectivity index (χ1) is 6.81. The van der Waals surface area contributed by atoms with E-state index >= 15 is 0 Å². The number of ether oxygens (including phenoxy) is 1. The molecule has 1 aliphatic rings. The summed E-state index contributed by atoms with van der Waals surface area (Å²) in [5, 5.41) is 0. The fraction of sp³-hybridized carbons (Fsp3) is 0.556. The van der Waals surface area contributed by atoms with E-state index in [0.717, 1.165) is 18.5 Å². The summed E-state index contributed by atoms with van der Waals surface area (Å²) in [6, 6.07) is 0. The molecule has 0 saturated carbocycles. The van der Waals surface area contributed by atoms with Gasteiger partial charge in [0.15, 0.2) is 0 Å². The van der Waals surface area contributed by atoms with E-state index in [9.17, 15) is 4.79 Å². The Morgan fingerprint density at radius 3 is 3.14 bits per heavy atom. The molecule has 0 spiro atoms. The molecule has 0 saturated heterocycles. The zero-order valence-electron chi connectivity index (χ0n) is 7.88. The minimum atomic E-state index is -0.0699. The van der Waals surface area contributed by atoms with Gasteiger partial charge in [0.1, 0.15) is 5.82 Å². The fourth-order valence-corrected chi connectivity index (χ4v) is 1.50. The molecule has 0 unspecified atom stereocenters. The normalized spacial score (nSPS) is 14.4. The lowest BCUT2D eigenvalue weighted by atomic mass is 10.2. The van der Waals surface area contributed by atoms with E-state index in [1.165, 1.54) is 0 Å². The van der Waals surface area contributed by atoms with Gasteiger partial charge < -0.3 is 15.5 Å². The topological polar surface area (TPSA) is 81.0 Å². The predicted molar refractivity (Wildman–Crippen MR) is 50.7 cm³/mol. The highest BCUT2D eigenvalue weighted by molar-refractivity contribution is 5.19. The second-order valence-corrected chi connectivity index (χ2v) is 3.32. The smallest absolute Gasteiger partial charge is 0.256 e. The maximum atomic E-state index is 11.5. The average molecular weight is 195 g/mol. The van der Waals surface area contributed by atoms with Gasteiger partial charge in [0.05, 0.1) is 24.5 Å². The molecule has 0 fully saturated rings. The molecular weight excluding hydrogens is 182 g/mol. The van der Waals surface area contributed by atoms with Crippen LogP contribution in [0.2, 0.25) is 0 Å². The van der Waals surface area contributed by atoms with Crippen LogP contribution in [0, 0.1) is 0 Å². The van der Waals surface area contributed by atoms with Crippen molar-refractivity contribution >= 4 is 0 Å². The Balaban J connectivity index is 2.28. The van der Waals surface area contributed by atoms with Crippen LogP contribution in [0.4, 0.5) is 0 Å². The van der Waals surface area contributed by atoms with Gasteiger partial charge in [0, 0.05) is 6.42 Å². The van der Waals surface area contributed by atoms with E-state index in [-0.39, 0.29) is 5.56 Å². The van der Waals surface area contributed by atoms with Gasteiger partial charge in [-0.15, -0.1) is 0 Å². The Kier molecular flexibility index (Phi) is 2.60. The van der Waals surface area contributed by atoms with E-state index in [1.807, 2.05) is 0 Å². The second kappa shape index (κ2) is 3.89. The number of aromatic amines is 1. The summed E-state index contributed by atoms with van der Waals surface area (Å²) in [7, 11) is 0. The summed E-state index contributed by atoms with van der Waals surface area (Å²) >= 11 is 0. The molecule has 2 rings (SSSR count). The van der Waals surface area contributed by atoms with Crippen LogP contribution in [0.3, 0.4) is 0 Å². The Hall–Kier alpha value is -1.20. The van der Waals surface area contributed by atoms with Crippen molar-refractivity contribution in [2.24, 2.45) is 5.73 Å². The number of nitrogens with zero attached hydrogens (tertiary/aromatic N) is 1. The van der Waals surface area contributed by atoms with Gasteiger partial charge in [-0.25, -0.2) is 4.98 Å². The molecule has 2 heterocycles. The van der Waals surface area contributed by atoms with Crippen molar-refractivity contribution in [2.75, 3.05) is 6.54 Å². The minimum absolute atomic E-state index is 0.0699. The summed E-state index contributed by atoms with van der Waals surface area (Å²) in [6.45, 7) is 1.45. The maximum Gasteiger partial charge on any atom is 0.256 e. The SMILES string of the molecule is NCCCc1nc2c(c(=O)[nH]1)COC2. The molecule has 3 N–H and O–H groups in total. The molecule has 1 aromatic rings. The number of rotatable bonds is 3. The number of hydrogen-bond acceptors (Lipinski definition) is 4. The largest absolute Gasteiger partial charge is 0.370 e. The molecule has 1 aliphatic heterocycles. The zero-order valence-corrected chi connectivity index (χ0v) is 7.88. The number of fused-ring (bicyclic) bond motifs is 1. The van der Waals surface area contributed by atoms with E-state index in [1.54, 1.807) is 0 Å². The third kappa shape index (κ3) is 1.69. The molecule has 14 heavy (non-hydrogen) atoms. The van der Waals surface area contributed by atoms with Crippen LogP contribution in [0.5, 0.6) is 0 Å². The Morgan fingerprint density at radius 1 is 1.50 bits per heavy atom. The van der Waals surface area contributed by atoms with E-state index in [2.05, 4.69) is 9.97 Å². The summed E-state index contributed by atoms with van der Waals surface area (Å²) in [6.07, 6.45) is 1.56. The Labute approximate surface area is 81.3 Å². The Bertz CT molecular complexity index is 386. The predicted octanol–water partition coefficient (Wildman–Crippen LogP) is -0.309. The van der Waals surface area contributed by atoms with Gasteiger partial charge in [-0.05, 0) is 13.0 Å². The molecule has 0 aromatic carbocycles. The first-order valence-corrected chi connectivity index (χ1v) is 4.70. The standard InChI is InChI=1S/C9H13N3O2/c10-3-1-2-8-11-7-5-14-4-6(7)9(13)12-8/h1-5,10H2,(H,11,12,13). The van der Waals surface area contributed by atoms with Crippen LogP contribution in [0.1, 0.15) is 23.5 Å². The highest BCUT2D eigenvalue weighted by Crippen LogP contribution is 2.12. The van der Waals surface area contributed by atoms with Crippen LogP contribution in [-0.4, -0.2) is 16.5 Å². The molecule has 0 bridgehead atoms. The van der Waals surface area contributed by atoms with Crippen molar-refractivity contribution in [3.05, 3.63) is 27.4 Å². The quantitative estimate of drug-likeness (QED) is 0.693. The molecule has 5 heteroatoms. The number of hydrogen-bond donors (Lipinski definition) is 2. The highest BCUT2D eigenvalue weighted by Gasteiger charge is 2.17. The first kappa shape index (κ1) is 9.36. The minimum Gasteiger partial charge on any atom is -0.370 e. The molecule has 0 radical (unpaired) electrons. The third-order valence-electron chi connectivity index (χ3n) is 2.25. The zero-order chi connectivity index (χ0) is 9.97. The van der Waals surface area contributed by atoms with Gasteiger partial charge in [-0.2, -0.15) is 0 Å². The Morgan fingerprint density at radius 2 is 2.36 bits per heavy atom. The summed E-state index contributed by atoms with van der Waals surface area (Å²) in [5.41, 5.74) is 6.76. The number of aromatic nitrogens is 2. The number of nitrogens with one attached hydrogen (secondary N) is 1. The van der Waals surface area contributed by atoms with Crippen LogP contribution >= 0.6 is 0 Å². The van der Waals surface area contributed by atoms with Crippen LogP contribution < -0.4 is 11.3 Å². The molecule has 1 aromatic heterocycles. The first-order valence-electron chi connectivity index (χ1n) is 4.70. The molecule has 0 amide bonds. The lowest BCUT2D eigenvalue weighted by Gasteiger charge is -2.01. The van der Waals surface area contributed by atoms with Gasteiger partial charge in [-0.3, -0.25) is 4.79 Å². The van der Waals surface area contributed by atoms with E-state index in [0.29, 0.717) is 31.1 Å². The monoisotopic (exact) mass is 195 g/mol. The molecule has 76 valence electrons. The summed E-state index contributed by atoms with van der Waals surface area (Å²) < 4.78 is 5.15. The van der Waals surface area contributed by atoms with Crippen molar-refractivity contribution in [1.82, 2.24) is 9.97 Å². The lowest BCUT2D eigenvalue weighted by molar-refractivity contribution is 0.133. The van der Waals surface area contributed by atoms with Gasteiger partial charge in [0.25, 0.3) is 5.56 Å². The highest BCUT2D eigenvalue weighted by atomic mass is 16.5. The summed E-state index contributed by atoms with van der Waals surface area (Å²) in [5.74, 6) is 0.713. The van der Waals surface area contributed by atoms with Crippen molar-refractivity contribution in [2.45, 2.75) is 26.1 Å². The molecule has 0 aliphatic carbocycles. The van der Waals surface area contributed by atoms with Crippen LogP contribution in [0.15, 0.2) is 4.79 Å². The van der Waals surface area contributed by atoms with Crippen molar-refractivity contribution in [3.8, 4) is 0 Å².